The van der Waals surface area contributed by atoms with Crippen LogP contribution in [0.1, 0.15) is 12.0 Å². The van der Waals surface area contributed by atoms with Crippen LogP contribution in [-0.2, 0) is 9.53 Å². The Morgan fingerprint density at radius 3 is 3.06 bits per heavy atom. The summed E-state index contributed by atoms with van der Waals surface area (Å²) in [5.41, 5.74) is 1.30. The van der Waals surface area contributed by atoms with Crippen LogP contribution in [0.4, 0.5) is 5.69 Å². The number of aromatic nitrogens is 1. The number of carbonyl (C=O) groups is 1. The zero-order valence-electron chi connectivity index (χ0n) is 10.8. The van der Waals surface area contributed by atoms with Crippen molar-refractivity contribution in [1.82, 2.24) is 10.3 Å². The number of rotatable bonds is 4. The number of anilines is 1. The maximum Gasteiger partial charge on any atom is 0.234 e. The summed E-state index contributed by atoms with van der Waals surface area (Å²) in [5.74, 6) is 0.00162. The van der Waals surface area contributed by atoms with E-state index >= 15 is 0 Å². The molecule has 1 aromatic rings. The number of carbonyl (C=O) groups excluding carboxylic acids is 1. The summed E-state index contributed by atoms with van der Waals surface area (Å²) in [5, 5.41) is 6.15. The molecule has 1 aromatic heterocycles. The Balaban J connectivity index is 2.10. The molecule has 5 heteroatoms. The lowest BCUT2D eigenvalue weighted by Gasteiger charge is -2.25. The normalized spacial score (nSPS) is 23.0. The van der Waals surface area contributed by atoms with E-state index in [-0.39, 0.29) is 5.91 Å². The molecule has 2 rings (SSSR count). The fourth-order valence-corrected chi connectivity index (χ4v) is 2.29. The summed E-state index contributed by atoms with van der Waals surface area (Å²) in [6, 6.07) is 1.91. The van der Waals surface area contributed by atoms with Crippen LogP contribution in [0.3, 0.4) is 0 Å². The second-order valence-electron chi connectivity index (χ2n) is 4.85. The van der Waals surface area contributed by atoms with Gasteiger partial charge in [0.2, 0.25) is 5.91 Å². The second kappa shape index (κ2) is 5.46. The van der Waals surface area contributed by atoms with E-state index in [9.17, 15) is 4.79 Å². The van der Waals surface area contributed by atoms with Crippen LogP contribution in [0.15, 0.2) is 18.5 Å². The van der Waals surface area contributed by atoms with E-state index < -0.39 is 5.41 Å². The number of aryl methyl sites for hydroxylation is 1. The average molecular weight is 249 g/mol. The molecular formula is C13H19N3O2. The van der Waals surface area contributed by atoms with Gasteiger partial charge in [0.1, 0.15) is 0 Å². The van der Waals surface area contributed by atoms with Gasteiger partial charge >= 0.3 is 0 Å². The fourth-order valence-electron chi connectivity index (χ4n) is 2.29. The van der Waals surface area contributed by atoms with Crippen LogP contribution in [0, 0.1) is 12.3 Å². The molecule has 5 nitrogen and oxygen atoms in total. The number of amides is 1. The van der Waals surface area contributed by atoms with E-state index in [0.717, 1.165) is 24.2 Å². The lowest BCUT2D eigenvalue weighted by atomic mass is 9.87. The SMILES string of the molecule is COCC1(C(=O)Nc2cncc(C)c2)CCNC1. The first-order chi connectivity index (χ1) is 8.66. The molecule has 1 aliphatic rings. The fraction of sp³-hybridized carbons (Fsp3) is 0.538. The number of nitrogens with zero attached hydrogens (tertiary/aromatic N) is 1. The molecule has 1 amide bonds. The van der Waals surface area contributed by atoms with Crippen molar-refractivity contribution in [3.63, 3.8) is 0 Å². The predicted molar refractivity (Wildman–Crippen MR) is 69.4 cm³/mol. The smallest absolute Gasteiger partial charge is 0.234 e. The zero-order valence-corrected chi connectivity index (χ0v) is 10.8. The van der Waals surface area contributed by atoms with Crippen LogP contribution in [0.2, 0.25) is 0 Å². The van der Waals surface area contributed by atoms with Gasteiger partial charge in [0.25, 0.3) is 0 Å². The molecule has 0 aliphatic carbocycles. The van der Waals surface area contributed by atoms with Gasteiger partial charge in [0, 0.05) is 19.9 Å². The van der Waals surface area contributed by atoms with Gasteiger partial charge in [-0.25, -0.2) is 0 Å². The molecule has 1 fully saturated rings. The third-order valence-corrected chi connectivity index (χ3v) is 3.28. The maximum absolute atomic E-state index is 12.4. The van der Waals surface area contributed by atoms with Gasteiger partial charge < -0.3 is 15.4 Å². The van der Waals surface area contributed by atoms with E-state index in [1.54, 1.807) is 19.5 Å². The van der Waals surface area contributed by atoms with Crippen molar-refractivity contribution < 1.29 is 9.53 Å². The first-order valence-electron chi connectivity index (χ1n) is 6.09. The topological polar surface area (TPSA) is 63.2 Å². The van der Waals surface area contributed by atoms with E-state index in [1.165, 1.54) is 0 Å². The lowest BCUT2D eigenvalue weighted by Crippen LogP contribution is -2.41. The molecule has 0 radical (unpaired) electrons. The van der Waals surface area contributed by atoms with Gasteiger partial charge in [-0.1, -0.05) is 0 Å². The van der Waals surface area contributed by atoms with Crippen LogP contribution in [0.25, 0.3) is 0 Å². The van der Waals surface area contributed by atoms with Crippen molar-refractivity contribution in [3.8, 4) is 0 Å². The van der Waals surface area contributed by atoms with Crippen molar-refractivity contribution >= 4 is 11.6 Å². The molecule has 1 aliphatic heterocycles. The molecule has 0 saturated carbocycles. The summed E-state index contributed by atoms with van der Waals surface area (Å²) in [7, 11) is 1.63. The van der Waals surface area contributed by atoms with Crippen molar-refractivity contribution in [1.29, 1.82) is 0 Å². The zero-order chi connectivity index (χ0) is 13.0. The molecule has 18 heavy (non-hydrogen) atoms. The Bertz CT molecular complexity index is 428. The number of pyridine rings is 1. The minimum atomic E-state index is -0.460. The Hall–Kier alpha value is -1.46. The van der Waals surface area contributed by atoms with Crippen molar-refractivity contribution in [3.05, 3.63) is 24.0 Å². The quantitative estimate of drug-likeness (QED) is 0.834. The monoisotopic (exact) mass is 249 g/mol. The highest BCUT2D eigenvalue weighted by molar-refractivity contribution is 5.95. The molecule has 0 spiro atoms. The Morgan fingerprint density at radius 2 is 2.44 bits per heavy atom. The summed E-state index contributed by atoms with van der Waals surface area (Å²) in [6.45, 7) is 3.89. The molecule has 0 aromatic carbocycles. The van der Waals surface area contributed by atoms with Crippen molar-refractivity contribution in [2.45, 2.75) is 13.3 Å². The van der Waals surface area contributed by atoms with Crippen molar-refractivity contribution in [2.75, 3.05) is 32.1 Å². The summed E-state index contributed by atoms with van der Waals surface area (Å²) < 4.78 is 5.20. The van der Waals surface area contributed by atoms with Gasteiger partial charge in [-0.05, 0) is 31.5 Å². The molecule has 2 N–H and O–H groups in total. The van der Waals surface area contributed by atoms with E-state index in [2.05, 4.69) is 15.6 Å². The minimum Gasteiger partial charge on any atom is -0.384 e. The van der Waals surface area contributed by atoms with Gasteiger partial charge in [-0.3, -0.25) is 9.78 Å². The van der Waals surface area contributed by atoms with E-state index in [1.807, 2.05) is 13.0 Å². The van der Waals surface area contributed by atoms with Gasteiger partial charge in [0.05, 0.1) is 23.9 Å². The molecule has 1 saturated heterocycles. The first kappa shape index (κ1) is 13.0. The maximum atomic E-state index is 12.4. The van der Waals surface area contributed by atoms with E-state index in [4.69, 9.17) is 4.74 Å². The third-order valence-electron chi connectivity index (χ3n) is 3.28. The molecule has 1 unspecified atom stereocenters. The number of hydrogen-bond donors (Lipinski definition) is 2. The summed E-state index contributed by atoms with van der Waals surface area (Å²) >= 11 is 0. The van der Waals surface area contributed by atoms with Gasteiger partial charge in [-0.15, -0.1) is 0 Å². The minimum absolute atomic E-state index is 0.00162. The Labute approximate surface area is 107 Å². The molecule has 2 heterocycles. The number of hydrogen-bond acceptors (Lipinski definition) is 4. The van der Waals surface area contributed by atoms with Gasteiger partial charge in [0.15, 0.2) is 0 Å². The molecular weight excluding hydrogens is 230 g/mol. The molecule has 98 valence electrons. The Kier molecular flexibility index (Phi) is 3.93. The highest BCUT2D eigenvalue weighted by Gasteiger charge is 2.41. The summed E-state index contributed by atoms with van der Waals surface area (Å²) in [6.07, 6.45) is 4.22. The number of nitrogens with one attached hydrogen (secondary N) is 2. The predicted octanol–water partition coefficient (Wildman–Crippen LogP) is 0.955. The number of methoxy groups -OCH3 is 1. The lowest BCUT2D eigenvalue weighted by molar-refractivity contribution is -0.127. The summed E-state index contributed by atoms with van der Waals surface area (Å²) in [4.78, 5) is 16.5. The second-order valence-corrected chi connectivity index (χ2v) is 4.85. The van der Waals surface area contributed by atoms with E-state index in [0.29, 0.717) is 13.2 Å². The highest BCUT2D eigenvalue weighted by Crippen LogP contribution is 2.27. The molecule has 1 atom stereocenters. The number of ether oxygens (including phenoxy) is 1. The standard InChI is InChI=1S/C13H19N3O2/c1-10-5-11(7-15-6-10)16-12(17)13(9-18-2)3-4-14-8-13/h5-7,14H,3-4,8-9H2,1-2H3,(H,16,17). The average Bonchev–Trinajstić information content (AvgIpc) is 2.79. The van der Waals surface area contributed by atoms with Crippen LogP contribution >= 0.6 is 0 Å². The largest absolute Gasteiger partial charge is 0.384 e. The van der Waals surface area contributed by atoms with Crippen LogP contribution in [-0.4, -0.2) is 37.7 Å². The third kappa shape index (κ3) is 2.68. The highest BCUT2D eigenvalue weighted by atomic mass is 16.5. The van der Waals surface area contributed by atoms with Gasteiger partial charge in [-0.2, -0.15) is 0 Å². The Morgan fingerprint density at radius 1 is 1.61 bits per heavy atom. The van der Waals surface area contributed by atoms with Crippen LogP contribution < -0.4 is 10.6 Å². The van der Waals surface area contributed by atoms with Crippen molar-refractivity contribution in [2.24, 2.45) is 5.41 Å². The first-order valence-corrected chi connectivity index (χ1v) is 6.09. The molecule has 0 bridgehead atoms. The van der Waals surface area contributed by atoms with Crippen LogP contribution in [0.5, 0.6) is 0 Å².